The molecule has 1 N–H and O–H groups in total. The summed E-state index contributed by atoms with van der Waals surface area (Å²) in [6.07, 6.45) is 4.21. The van der Waals surface area contributed by atoms with Crippen LogP contribution in [0.1, 0.15) is 25.5 Å². The first-order valence-corrected chi connectivity index (χ1v) is 5.54. The number of methoxy groups -OCH3 is 1. The average molecular weight is 211 g/mol. The predicted molar refractivity (Wildman–Crippen MR) is 62.2 cm³/mol. The molecule has 4 nitrogen and oxygen atoms in total. The van der Waals surface area contributed by atoms with Crippen molar-refractivity contribution < 1.29 is 4.74 Å². The van der Waals surface area contributed by atoms with Crippen LogP contribution in [-0.2, 0) is 11.3 Å². The van der Waals surface area contributed by atoms with Crippen molar-refractivity contribution in [2.24, 2.45) is 0 Å². The third-order valence-corrected chi connectivity index (χ3v) is 2.18. The third kappa shape index (κ3) is 3.91. The molecule has 0 aliphatic carbocycles. The molecule has 0 aliphatic heterocycles. The molecule has 86 valence electrons. The summed E-state index contributed by atoms with van der Waals surface area (Å²) in [5, 5.41) is 3.32. The molecule has 15 heavy (non-hydrogen) atoms. The Morgan fingerprint density at radius 2 is 2.33 bits per heavy atom. The van der Waals surface area contributed by atoms with E-state index >= 15 is 0 Å². The molecule has 0 radical (unpaired) electrons. The maximum absolute atomic E-state index is 5.04. The summed E-state index contributed by atoms with van der Waals surface area (Å²) in [5.41, 5.74) is 1.06. The van der Waals surface area contributed by atoms with E-state index in [4.69, 9.17) is 4.74 Å². The van der Waals surface area contributed by atoms with E-state index in [0.29, 0.717) is 0 Å². The van der Waals surface area contributed by atoms with Gasteiger partial charge in [-0.3, -0.25) is 0 Å². The number of nitrogens with zero attached hydrogens (tertiary/aromatic N) is 2. The fourth-order valence-corrected chi connectivity index (χ4v) is 1.47. The van der Waals surface area contributed by atoms with Crippen LogP contribution in [0, 0.1) is 6.92 Å². The van der Waals surface area contributed by atoms with Gasteiger partial charge in [-0.1, -0.05) is 6.92 Å². The van der Waals surface area contributed by atoms with Crippen molar-refractivity contribution in [3.05, 3.63) is 11.9 Å². The Morgan fingerprint density at radius 1 is 1.53 bits per heavy atom. The highest BCUT2D eigenvalue weighted by Crippen LogP contribution is 2.09. The molecule has 0 aliphatic rings. The van der Waals surface area contributed by atoms with Crippen LogP contribution in [0.2, 0.25) is 0 Å². The molecule has 4 heteroatoms. The summed E-state index contributed by atoms with van der Waals surface area (Å²) in [6.45, 7) is 6.90. The standard InChI is InChI=1S/C11H21N3O/c1-4-6-12-11-13-10(2)9-14(11)7-5-8-15-3/h9H,4-8H2,1-3H3,(H,12,13). The average Bonchev–Trinajstić information content (AvgIpc) is 2.56. The van der Waals surface area contributed by atoms with Gasteiger partial charge >= 0.3 is 0 Å². The van der Waals surface area contributed by atoms with Gasteiger partial charge in [-0.25, -0.2) is 4.98 Å². The van der Waals surface area contributed by atoms with Crippen molar-refractivity contribution in [3.63, 3.8) is 0 Å². The van der Waals surface area contributed by atoms with Gasteiger partial charge in [0.25, 0.3) is 0 Å². The number of rotatable bonds is 7. The number of nitrogens with one attached hydrogen (secondary N) is 1. The second-order valence-corrected chi connectivity index (χ2v) is 3.67. The Bertz CT molecular complexity index is 283. The van der Waals surface area contributed by atoms with E-state index in [0.717, 1.165) is 44.2 Å². The van der Waals surface area contributed by atoms with Gasteiger partial charge in [-0.2, -0.15) is 0 Å². The van der Waals surface area contributed by atoms with Gasteiger partial charge in [-0.05, 0) is 19.8 Å². The van der Waals surface area contributed by atoms with Crippen molar-refractivity contribution in [1.29, 1.82) is 0 Å². The molecule has 0 fully saturated rings. The topological polar surface area (TPSA) is 39.1 Å². The van der Waals surface area contributed by atoms with E-state index in [1.807, 2.05) is 6.92 Å². The monoisotopic (exact) mass is 211 g/mol. The number of anilines is 1. The largest absolute Gasteiger partial charge is 0.385 e. The maximum atomic E-state index is 5.04. The van der Waals surface area contributed by atoms with E-state index in [1.165, 1.54) is 0 Å². The molecule has 0 aromatic carbocycles. The lowest BCUT2D eigenvalue weighted by molar-refractivity contribution is 0.190. The number of hydrogen-bond donors (Lipinski definition) is 1. The predicted octanol–water partition coefficient (Wildman–Crippen LogP) is 2.05. The van der Waals surface area contributed by atoms with Crippen LogP contribution in [0.25, 0.3) is 0 Å². The van der Waals surface area contributed by atoms with Crippen LogP contribution in [0.15, 0.2) is 6.20 Å². The molecule has 1 aromatic rings. The van der Waals surface area contributed by atoms with Gasteiger partial charge in [0.1, 0.15) is 0 Å². The van der Waals surface area contributed by atoms with Crippen LogP contribution in [0.5, 0.6) is 0 Å². The molecule has 0 amide bonds. The lowest BCUT2D eigenvalue weighted by Crippen LogP contribution is -2.09. The third-order valence-electron chi connectivity index (χ3n) is 2.18. The molecule has 1 aromatic heterocycles. The first-order chi connectivity index (χ1) is 7.27. The summed E-state index contributed by atoms with van der Waals surface area (Å²) in [5.74, 6) is 0.977. The van der Waals surface area contributed by atoms with Gasteiger partial charge < -0.3 is 14.6 Å². The highest BCUT2D eigenvalue weighted by atomic mass is 16.5. The van der Waals surface area contributed by atoms with E-state index in [9.17, 15) is 0 Å². The van der Waals surface area contributed by atoms with Crippen molar-refractivity contribution in [3.8, 4) is 0 Å². The SMILES string of the molecule is CCCNc1nc(C)cn1CCCOC. The molecule has 1 rings (SSSR count). The summed E-state index contributed by atoms with van der Waals surface area (Å²) in [7, 11) is 1.73. The lowest BCUT2D eigenvalue weighted by Gasteiger charge is -2.08. The van der Waals surface area contributed by atoms with Gasteiger partial charge in [-0.15, -0.1) is 0 Å². The normalized spacial score (nSPS) is 10.6. The number of aromatic nitrogens is 2. The van der Waals surface area contributed by atoms with Crippen LogP contribution >= 0.6 is 0 Å². The first-order valence-electron chi connectivity index (χ1n) is 5.54. The minimum Gasteiger partial charge on any atom is -0.385 e. The van der Waals surface area contributed by atoms with Crippen LogP contribution < -0.4 is 5.32 Å². The molecular formula is C11H21N3O. The van der Waals surface area contributed by atoms with Gasteiger partial charge in [0.15, 0.2) is 0 Å². The minimum atomic E-state index is 0.796. The molecular weight excluding hydrogens is 190 g/mol. The Hall–Kier alpha value is -1.03. The van der Waals surface area contributed by atoms with Gasteiger partial charge in [0.2, 0.25) is 5.95 Å². The van der Waals surface area contributed by atoms with Crippen molar-refractivity contribution in [1.82, 2.24) is 9.55 Å². The lowest BCUT2D eigenvalue weighted by atomic mass is 10.4. The fourth-order valence-electron chi connectivity index (χ4n) is 1.47. The van der Waals surface area contributed by atoms with Crippen LogP contribution in [0.4, 0.5) is 5.95 Å². The summed E-state index contributed by atoms with van der Waals surface area (Å²) < 4.78 is 7.19. The highest BCUT2D eigenvalue weighted by molar-refractivity contribution is 5.28. The maximum Gasteiger partial charge on any atom is 0.203 e. The van der Waals surface area contributed by atoms with Gasteiger partial charge in [0.05, 0.1) is 5.69 Å². The van der Waals surface area contributed by atoms with E-state index in [-0.39, 0.29) is 0 Å². The zero-order chi connectivity index (χ0) is 11.1. The molecule has 0 bridgehead atoms. The Labute approximate surface area is 91.7 Å². The number of aryl methyl sites for hydroxylation is 2. The second-order valence-electron chi connectivity index (χ2n) is 3.67. The van der Waals surface area contributed by atoms with Crippen molar-refractivity contribution in [2.75, 3.05) is 25.6 Å². The number of ether oxygens (including phenoxy) is 1. The highest BCUT2D eigenvalue weighted by Gasteiger charge is 2.03. The smallest absolute Gasteiger partial charge is 0.203 e. The summed E-state index contributed by atoms with van der Waals surface area (Å²) >= 11 is 0. The van der Waals surface area contributed by atoms with Crippen LogP contribution in [0.3, 0.4) is 0 Å². The molecule has 0 atom stereocenters. The first kappa shape index (κ1) is 12.0. The Morgan fingerprint density at radius 3 is 3.00 bits per heavy atom. The Balaban J connectivity index is 2.51. The van der Waals surface area contributed by atoms with E-state index < -0.39 is 0 Å². The number of hydrogen-bond acceptors (Lipinski definition) is 3. The zero-order valence-corrected chi connectivity index (χ0v) is 9.92. The van der Waals surface area contributed by atoms with Crippen molar-refractivity contribution in [2.45, 2.75) is 33.2 Å². The molecule has 0 saturated heterocycles. The Kier molecular flexibility index (Phi) is 5.18. The molecule has 0 unspecified atom stereocenters. The van der Waals surface area contributed by atoms with Crippen LogP contribution in [-0.4, -0.2) is 29.8 Å². The van der Waals surface area contributed by atoms with Gasteiger partial charge in [0, 0.05) is 33.0 Å². The zero-order valence-electron chi connectivity index (χ0n) is 9.92. The molecule has 0 spiro atoms. The molecule has 0 saturated carbocycles. The minimum absolute atomic E-state index is 0.796. The quantitative estimate of drug-likeness (QED) is 0.702. The molecule has 1 heterocycles. The van der Waals surface area contributed by atoms with Crippen molar-refractivity contribution >= 4 is 5.95 Å². The fraction of sp³-hybridized carbons (Fsp3) is 0.727. The summed E-state index contributed by atoms with van der Waals surface area (Å²) in [6, 6.07) is 0. The number of imidazole rings is 1. The van der Waals surface area contributed by atoms with E-state index in [1.54, 1.807) is 7.11 Å². The van der Waals surface area contributed by atoms with E-state index in [2.05, 4.69) is 28.0 Å². The summed E-state index contributed by atoms with van der Waals surface area (Å²) in [4.78, 5) is 4.44. The second kappa shape index (κ2) is 6.45.